The maximum Gasteiger partial charge on any atom is 0.417 e. The van der Waals surface area contributed by atoms with Crippen molar-refractivity contribution in [1.82, 2.24) is 9.62 Å². The van der Waals surface area contributed by atoms with E-state index < -0.39 is 26.7 Å². The number of hydrogen-bond acceptors (Lipinski definition) is 4. The molecule has 1 fully saturated rings. The van der Waals surface area contributed by atoms with Crippen molar-refractivity contribution in [1.29, 1.82) is 0 Å². The lowest BCUT2D eigenvalue weighted by Gasteiger charge is -2.31. The van der Waals surface area contributed by atoms with Crippen LogP contribution >= 0.6 is 0 Å². The Morgan fingerprint density at radius 2 is 1.89 bits per heavy atom. The molecule has 1 aliphatic rings. The summed E-state index contributed by atoms with van der Waals surface area (Å²) in [5, 5.41) is 2.79. The van der Waals surface area contributed by atoms with Crippen molar-refractivity contribution < 1.29 is 31.1 Å². The number of amides is 1. The molecule has 1 aromatic carbocycles. The van der Waals surface area contributed by atoms with Gasteiger partial charge in [-0.2, -0.15) is 17.5 Å². The average Bonchev–Trinajstić information content (AvgIpc) is 2.67. The average molecular weight is 422 g/mol. The molecule has 1 aliphatic heterocycles. The van der Waals surface area contributed by atoms with Gasteiger partial charge in [0.15, 0.2) is 0 Å². The van der Waals surface area contributed by atoms with E-state index in [1.54, 1.807) is 0 Å². The number of carbonyl (C=O) groups is 1. The fraction of sp³-hybridized carbons (Fsp3) is 0.611. The highest BCUT2D eigenvalue weighted by molar-refractivity contribution is 7.89. The SMILES string of the molecule is CCOCCCNC(=O)C1CCN(S(=O)(=O)c2ccccc2C(F)(F)F)CC1. The molecule has 0 atom stereocenters. The topological polar surface area (TPSA) is 75.7 Å². The minimum atomic E-state index is -4.76. The quantitative estimate of drug-likeness (QED) is 0.654. The van der Waals surface area contributed by atoms with Gasteiger partial charge in [-0.1, -0.05) is 12.1 Å². The fourth-order valence-corrected chi connectivity index (χ4v) is 4.78. The molecule has 10 heteroatoms. The van der Waals surface area contributed by atoms with Crippen LogP contribution < -0.4 is 5.32 Å². The maximum atomic E-state index is 13.2. The molecular weight excluding hydrogens is 397 g/mol. The predicted octanol–water partition coefficient (Wildman–Crippen LogP) is 2.65. The number of carbonyl (C=O) groups excluding carboxylic acids is 1. The van der Waals surface area contributed by atoms with Crippen LogP contribution in [-0.4, -0.2) is 51.5 Å². The van der Waals surface area contributed by atoms with Gasteiger partial charge in [-0.3, -0.25) is 4.79 Å². The van der Waals surface area contributed by atoms with Crippen LogP contribution in [0.3, 0.4) is 0 Å². The summed E-state index contributed by atoms with van der Waals surface area (Å²) in [7, 11) is -4.29. The molecule has 0 radical (unpaired) electrons. The van der Waals surface area contributed by atoms with Gasteiger partial charge in [-0.05, 0) is 38.3 Å². The first kappa shape index (κ1) is 22.6. The van der Waals surface area contributed by atoms with Crippen molar-refractivity contribution >= 4 is 15.9 Å². The third-order valence-corrected chi connectivity index (χ3v) is 6.56. The fourth-order valence-electron chi connectivity index (χ4n) is 3.10. The highest BCUT2D eigenvalue weighted by Gasteiger charge is 2.40. The Bertz CT molecular complexity index is 760. The largest absolute Gasteiger partial charge is 0.417 e. The smallest absolute Gasteiger partial charge is 0.382 e. The molecular formula is C18H25F3N2O4S. The van der Waals surface area contributed by atoms with Crippen molar-refractivity contribution in [3.05, 3.63) is 29.8 Å². The lowest BCUT2D eigenvalue weighted by atomic mass is 9.97. The van der Waals surface area contributed by atoms with Gasteiger partial charge in [0.25, 0.3) is 0 Å². The minimum absolute atomic E-state index is 0.00551. The molecule has 1 aromatic rings. The Kier molecular flexibility index (Phi) is 7.85. The monoisotopic (exact) mass is 422 g/mol. The van der Waals surface area contributed by atoms with E-state index in [-0.39, 0.29) is 37.8 Å². The van der Waals surface area contributed by atoms with Gasteiger partial charge in [-0.25, -0.2) is 8.42 Å². The van der Waals surface area contributed by atoms with Gasteiger partial charge in [0.05, 0.1) is 10.5 Å². The van der Waals surface area contributed by atoms with Crippen molar-refractivity contribution in [3.63, 3.8) is 0 Å². The van der Waals surface area contributed by atoms with Gasteiger partial charge in [0.2, 0.25) is 15.9 Å². The van der Waals surface area contributed by atoms with Crippen LogP contribution in [-0.2, 0) is 25.7 Å². The number of rotatable bonds is 8. The first-order chi connectivity index (χ1) is 13.2. The summed E-state index contributed by atoms with van der Waals surface area (Å²) in [5.74, 6) is -0.513. The van der Waals surface area contributed by atoms with Crippen LogP contribution in [0.15, 0.2) is 29.2 Å². The molecule has 2 rings (SSSR count). The number of ether oxygens (including phenoxy) is 1. The second-order valence-corrected chi connectivity index (χ2v) is 8.42. The number of alkyl halides is 3. The molecule has 0 spiro atoms. The van der Waals surface area contributed by atoms with Crippen molar-refractivity contribution in [3.8, 4) is 0 Å². The Labute approximate surface area is 163 Å². The Morgan fingerprint density at radius 1 is 1.25 bits per heavy atom. The van der Waals surface area contributed by atoms with E-state index in [9.17, 15) is 26.4 Å². The van der Waals surface area contributed by atoms with E-state index in [0.29, 0.717) is 26.2 Å². The highest BCUT2D eigenvalue weighted by atomic mass is 32.2. The van der Waals surface area contributed by atoms with Crippen LogP contribution in [0.1, 0.15) is 31.7 Å². The maximum absolute atomic E-state index is 13.2. The summed E-state index contributed by atoms with van der Waals surface area (Å²) in [6, 6.07) is 4.15. The number of nitrogens with zero attached hydrogens (tertiary/aromatic N) is 1. The zero-order chi connectivity index (χ0) is 20.8. The van der Waals surface area contributed by atoms with E-state index in [0.717, 1.165) is 22.5 Å². The summed E-state index contributed by atoms with van der Waals surface area (Å²) in [6.07, 6.45) is -3.54. The summed E-state index contributed by atoms with van der Waals surface area (Å²) >= 11 is 0. The van der Waals surface area contributed by atoms with Crippen LogP contribution in [0.25, 0.3) is 0 Å². The Hall–Kier alpha value is -1.65. The van der Waals surface area contributed by atoms with Crippen LogP contribution in [0.2, 0.25) is 0 Å². The summed E-state index contributed by atoms with van der Waals surface area (Å²) in [4.78, 5) is 11.4. The van der Waals surface area contributed by atoms with E-state index in [1.807, 2.05) is 6.92 Å². The molecule has 1 amide bonds. The molecule has 6 nitrogen and oxygen atoms in total. The van der Waals surface area contributed by atoms with E-state index in [1.165, 1.54) is 6.07 Å². The van der Waals surface area contributed by atoms with Crippen LogP contribution in [0.4, 0.5) is 13.2 Å². The van der Waals surface area contributed by atoms with Crippen molar-refractivity contribution in [2.45, 2.75) is 37.3 Å². The second-order valence-electron chi connectivity index (χ2n) is 6.51. The number of hydrogen-bond donors (Lipinski definition) is 1. The molecule has 28 heavy (non-hydrogen) atoms. The minimum Gasteiger partial charge on any atom is -0.382 e. The molecule has 0 aromatic heterocycles. The summed E-state index contributed by atoms with van der Waals surface area (Å²) in [5.41, 5.74) is -1.18. The van der Waals surface area contributed by atoms with E-state index in [4.69, 9.17) is 4.74 Å². The standard InChI is InChI=1S/C18H25F3N2O4S/c1-2-27-13-5-10-22-17(24)14-8-11-23(12-9-14)28(25,26)16-7-4-3-6-15(16)18(19,20)21/h3-4,6-7,14H,2,5,8-13H2,1H3,(H,22,24). The lowest BCUT2D eigenvalue weighted by Crippen LogP contribution is -2.43. The third kappa shape index (κ3) is 5.68. The van der Waals surface area contributed by atoms with Gasteiger partial charge in [-0.15, -0.1) is 0 Å². The number of piperidine rings is 1. The first-order valence-electron chi connectivity index (χ1n) is 9.19. The zero-order valence-corrected chi connectivity index (χ0v) is 16.5. The predicted molar refractivity (Wildman–Crippen MR) is 97.0 cm³/mol. The molecule has 158 valence electrons. The van der Waals surface area contributed by atoms with Crippen molar-refractivity contribution in [2.75, 3.05) is 32.8 Å². The molecule has 1 heterocycles. The number of benzene rings is 1. The van der Waals surface area contributed by atoms with E-state index in [2.05, 4.69) is 5.32 Å². The second kappa shape index (κ2) is 9.71. The zero-order valence-electron chi connectivity index (χ0n) is 15.7. The van der Waals surface area contributed by atoms with Crippen LogP contribution in [0.5, 0.6) is 0 Å². The van der Waals surface area contributed by atoms with Gasteiger partial charge in [0, 0.05) is 38.8 Å². The van der Waals surface area contributed by atoms with Crippen molar-refractivity contribution in [2.24, 2.45) is 5.92 Å². The van der Waals surface area contributed by atoms with Gasteiger partial charge < -0.3 is 10.1 Å². The molecule has 0 aliphatic carbocycles. The number of nitrogens with one attached hydrogen (secondary N) is 1. The number of sulfonamides is 1. The van der Waals surface area contributed by atoms with Gasteiger partial charge in [0.1, 0.15) is 0 Å². The molecule has 0 saturated carbocycles. The normalized spacial score (nSPS) is 16.9. The lowest BCUT2D eigenvalue weighted by molar-refractivity contribution is -0.139. The number of halogens is 3. The van der Waals surface area contributed by atoms with Gasteiger partial charge >= 0.3 is 6.18 Å². The molecule has 0 unspecified atom stereocenters. The van der Waals surface area contributed by atoms with E-state index >= 15 is 0 Å². The highest BCUT2D eigenvalue weighted by Crippen LogP contribution is 2.36. The Morgan fingerprint density at radius 3 is 2.50 bits per heavy atom. The summed E-state index contributed by atoms with van der Waals surface area (Å²) in [6.45, 7) is 3.52. The van der Waals surface area contributed by atoms with Crippen LogP contribution in [0, 0.1) is 5.92 Å². The third-order valence-electron chi connectivity index (χ3n) is 4.60. The summed E-state index contributed by atoms with van der Waals surface area (Å²) < 4.78 is 71.1. The molecule has 0 bridgehead atoms. The Balaban J connectivity index is 1.97. The molecule has 1 N–H and O–H groups in total. The molecule has 1 saturated heterocycles. The first-order valence-corrected chi connectivity index (χ1v) is 10.6.